The molecule has 0 spiro atoms. The van der Waals surface area contributed by atoms with E-state index in [0.29, 0.717) is 19.9 Å². The number of carbonyl (C=O) groups excluding carboxylic acids is 1. The van der Waals surface area contributed by atoms with Crippen LogP contribution >= 0.6 is 0 Å². The third-order valence-electron chi connectivity index (χ3n) is 5.54. The van der Waals surface area contributed by atoms with E-state index in [4.69, 9.17) is 9.47 Å². The first kappa shape index (κ1) is 18.8. The first-order chi connectivity index (χ1) is 13.8. The standard InChI is InChI=1S/C22H27N3O3/c26-22(23-9-8-18-4-2-1-3-5-18)16-25-12-10-24(11-13-25)15-19-6-7-20-21(14-19)28-17-27-20/h1-7,14H,8-13,15-17H2,(H,23,26)/p+2. The van der Waals surface area contributed by atoms with Gasteiger partial charge in [0.05, 0.1) is 0 Å². The maximum Gasteiger partial charge on any atom is 0.275 e. The molecule has 6 heteroatoms. The number of hydrogen-bond acceptors (Lipinski definition) is 3. The van der Waals surface area contributed by atoms with Crippen molar-refractivity contribution in [3.63, 3.8) is 0 Å². The molecule has 0 aliphatic carbocycles. The summed E-state index contributed by atoms with van der Waals surface area (Å²) < 4.78 is 10.8. The molecule has 2 heterocycles. The largest absolute Gasteiger partial charge is 0.454 e. The van der Waals surface area contributed by atoms with Crippen molar-refractivity contribution in [1.29, 1.82) is 0 Å². The number of piperazine rings is 1. The molecular formula is C22H29N3O3+2. The van der Waals surface area contributed by atoms with Crippen LogP contribution in [0.1, 0.15) is 11.1 Å². The van der Waals surface area contributed by atoms with Gasteiger partial charge in [0.15, 0.2) is 18.0 Å². The minimum atomic E-state index is 0.158. The van der Waals surface area contributed by atoms with Crippen LogP contribution in [0.2, 0.25) is 0 Å². The topological polar surface area (TPSA) is 56.4 Å². The number of amides is 1. The third-order valence-corrected chi connectivity index (χ3v) is 5.54. The number of rotatable bonds is 7. The second kappa shape index (κ2) is 9.08. The molecule has 1 saturated heterocycles. The zero-order valence-corrected chi connectivity index (χ0v) is 16.2. The highest BCUT2D eigenvalue weighted by atomic mass is 16.7. The van der Waals surface area contributed by atoms with Crippen LogP contribution in [0.5, 0.6) is 11.5 Å². The van der Waals surface area contributed by atoms with Gasteiger partial charge in [-0.3, -0.25) is 4.79 Å². The summed E-state index contributed by atoms with van der Waals surface area (Å²) in [5.74, 6) is 1.85. The fraction of sp³-hybridized carbons (Fsp3) is 0.409. The summed E-state index contributed by atoms with van der Waals surface area (Å²) in [7, 11) is 0. The van der Waals surface area contributed by atoms with E-state index in [0.717, 1.165) is 50.6 Å². The van der Waals surface area contributed by atoms with Gasteiger partial charge in [0, 0.05) is 12.1 Å². The quantitative estimate of drug-likeness (QED) is 0.578. The van der Waals surface area contributed by atoms with E-state index in [2.05, 4.69) is 29.6 Å². The number of quaternary nitrogens is 2. The Morgan fingerprint density at radius 2 is 1.64 bits per heavy atom. The highest BCUT2D eigenvalue weighted by molar-refractivity contribution is 5.76. The molecular weight excluding hydrogens is 354 g/mol. The maximum atomic E-state index is 12.2. The maximum absolute atomic E-state index is 12.2. The van der Waals surface area contributed by atoms with Crippen molar-refractivity contribution < 1.29 is 24.1 Å². The van der Waals surface area contributed by atoms with Gasteiger partial charge in [0.2, 0.25) is 6.79 Å². The van der Waals surface area contributed by atoms with Crippen molar-refractivity contribution in [3.8, 4) is 11.5 Å². The van der Waals surface area contributed by atoms with Crippen LogP contribution < -0.4 is 24.6 Å². The molecule has 3 N–H and O–H groups in total. The Balaban J connectivity index is 1.15. The summed E-state index contributed by atoms with van der Waals surface area (Å²) in [6, 6.07) is 16.5. The van der Waals surface area contributed by atoms with Crippen molar-refractivity contribution in [1.82, 2.24) is 5.32 Å². The van der Waals surface area contributed by atoms with Crippen molar-refractivity contribution in [3.05, 3.63) is 59.7 Å². The summed E-state index contributed by atoms with van der Waals surface area (Å²) in [5, 5.41) is 3.06. The lowest BCUT2D eigenvalue weighted by molar-refractivity contribution is -1.02. The molecule has 0 aromatic heterocycles. The molecule has 1 amide bonds. The van der Waals surface area contributed by atoms with E-state index in [9.17, 15) is 4.79 Å². The normalized spacial score (nSPS) is 20.7. The van der Waals surface area contributed by atoms with Crippen molar-refractivity contribution in [2.24, 2.45) is 0 Å². The van der Waals surface area contributed by atoms with Crippen molar-refractivity contribution in [2.75, 3.05) is 46.1 Å². The highest BCUT2D eigenvalue weighted by Gasteiger charge is 2.25. The molecule has 2 aliphatic heterocycles. The fourth-order valence-corrected chi connectivity index (χ4v) is 3.93. The Kier molecular flexibility index (Phi) is 6.09. The van der Waals surface area contributed by atoms with Gasteiger partial charge in [-0.1, -0.05) is 30.3 Å². The second-order valence-electron chi connectivity index (χ2n) is 7.63. The van der Waals surface area contributed by atoms with E-state index < -0.39 is 0 Å². The summed E-state index contributed by atoms with van der Waals surface area (Å²) in [4.78, 5) is 15.2. The van der Waals surface area contributed by atoms with E-state index in [-0.39, 0.29) is 5.91 Å². The van der Waals surface area contributed by atoms with Crippen LogP contribution in [0, 0.1) is 0 Å². The first-order valence-electron chi connectivity index (χ1n) is 10.1. The van der Waals surface area contributed by atoms with Gasteiger partial charge in [0.25, 0.3) is 5.91 Å². The zero-order chi connectivity index (χ0) is 19.2. The molecule has 0 radical (unpaired) electrons. The van der Waals surface area contributed by atoms with Crippen molar-refractivity contribution >= 4 is 5.91 Å². The smallest absolute Gasteiger partial charge is 0.275 e. The number of carbonyl (C=O) groups is 1. The van der Waals surface area contributed by atoms with Gasteiger partial charge >= 0.3 is 0 Å². The Labute approximate surface area is 166 Å². The van der Waals surface area contributed by atoms with Gasteiger partial charge in [-0.05, 0) is 30.2 Å². The summed E-state index contributed by atoms with van der Waals surface area (Å²) >= 11 is 0. The van der Waals surface area contributed by atoms with Crippen LogP contribution in [-0.2, 0) is 17.8 Å². The lowest BCUT2D eigenvalue weighted by Gasteiger charge is -2.29. The molecule has 1 fully saturated rings. The van der Waals surface area contributed by atoms with E-state index >= 15 is 0 Å². The molecule has 148 valence electrons. The predicted octanol–water partition coefficient (Wildman–Crippen LogP) is -0.942. The van der Waals surface area contributed by atoms with Crippen LogP contribution in [-0.4, -0.2) is 52.0 Å². The molecule has 2 aromatic carbocycles. The Hall–Kier alpha value is -2.57. The predicted molar refractivity (Wildman–Crippen MR) is 106 cm³/mol. The lowest BCUT2D eigenvalue weighted by Crippen LogP contribution is -3.28. The number of nitrogens with one attached hydrogen (secondary N) is 3. The molecule has 0 saturated carbocycles. The first-order valence-corrected chi connectivity index (χ1v) is 10.1. The summed E-state index contributed by atoms with van der Waals surface area (Å²) in [6.07, 6.45) is 0.884. The molecule has 28 heavy (non-hydrogen) atoms. The van der Waals surface area contributed by atoms with Gasteiger partial charge < -0.3 is 24.6 Å². The van der Waals surface area contributed by atoms with Crippen molar-refractivity contribution in [2.45, 2.75) is 13.0 Å². The van der Waals surface area contributed by atoms with E-state index in [1.54, 1.807) is 4.90 Å². The average molecular weight is 383 g/mol. The minimum Gasteiger partial charge on any atom is -0.454 e. The lowest BCUT2D eigenvalue weighted by atomic mass is 10.1. The molecule has 0 bridgehead atoms. The summed E-state index contributed by atoms with van der Waals surface area (Å²) in [5.41, 5.74) is 2.54. The number of ether oxygens (including phenoxy) is 2. The fourth-order valence-electron chi connectivity index (χ4n) is 3.93. The monoisotopic (exact) mass is 383 g/mol. The average Bonchev–Trinajstić information content (AvgIpc) is 3.18. The number of hydrogen-bond donors (Lipinski definition) is 3. The molecule has 4 rings (SSSR count). The minimum absolute atomic E-state index is 0.158. The molecule has 6 nitrogen and oxygen atoms in total. The third kappa shape index (κ3) is 5.03. The van der Waals surface area contributed by atoms with Gasteiger partial charge in [-0.2, -0.15) is 0 Å². The molecule has 2 aromatic rings. The van der Waals surface area contributed by atoms with Gasteiger partial charge in [0.1, 0.15) is 32.7 Å². The van der Waals surface area contributed by atoms with Gasteiger partial charge in [-0.25, -0.2) is 0 Å². The van der Waals surface area contributed by atoms with E-state index in [1.165, 1.54) is 16.0 Å². The molecule has 0 unspecified atom stereocenters. The van der Waals surface area contributed by atoms with Crippen LogP contribution in [0.3, 0.4) is 0 Å². The SMILES string of the molecule is O=C(C[NH+]1CC[NH+](Cc2ccc3c(c2)OCO3)CC1)NCCc1ccccc1. The van der Waals surface area contributed by atoms with E-state index in [1.807, 2.05) is 24.3 Å². The Morgan fingerprint density at radius 3 is 2.46 bits per heavy atom. The van der Waals surface area contributed by atoms with Gasteiger partial charge in [-0.15, -0.1) is 0 Å². The second-order valence-corrected chi connectivity index (χ2v) is 7.63. The highest BCUT2D eigenvalue weighted by Crippen LogP contribution is 2.32. The molecule has 2 aliphatic rings. The number of fused-ring (bicyclic) bond motifs is 1. The molecule has 0 atom stereocenters. The number of benzene rings is 2. The summed E-state index contributed by atoms with van der Waals surface area (Å²) in [6.45, 7) is 6.83. The van der Waals surface area contributed by atoms with Crippen LogP contribution in [0.15, 0.2) is 48.5 Å². The Bertz CT molecular complexity index is 789. The zero-order valence-electron chi connectivity index (χ0n) is 16.2. The van der Waals surface area contributed by atoms with Crippen LogP contribution in [0.4, 0.5) is 0 Å². The Morgan fingerprint density at radius 1 is 0.893 bits per heavy atom. The van der Waals surface area contributed by atoms with Crippen LogP contribution in [0.25, 0.3) is 0 Å².